The van der Waals surface area contributed by atoms with E-state index in [0.717, 1.165) is 24.1 Å². The summed E-state index contributed by atoms with van der Waals surface area (Å²) >= 11 is 0. The van der Waals surface area contributed by atoms with Crippen LogP contribution >= 0.6 is 0 Å². The molecule has 0 saturated heterocycles. The minimum absolute atomic E-state index is 0.209. The van der Waals surface area contributed by atoms with Gasteiger partial charge in [-0.15, -0.1) is 0 Å². The minimum atomic E-state index is 0.209. The Labute approximate surface area is 78.6 Å². The molecule has 0 radical (unpaired) electrons. The summed E-state index contributed by atoms with van der Waals surface area (Å²) in [4.78, 5) is 4.13. The molecule has 1 N–H and O–H groups in total. The molecular formula is C11H13NO. The van der Waals surface area contributed by atoms with Gasteiger partial charge in [-0.1, -0.05) is 11.8 Å². The van der Waals surface area contributed by atoms with Crippen molar-refractivity contribution in [3.05, 3.63) is 29.6 Å². The molecule has 0 unspecified atom stereocenters. The third-order valence-corrected chi connectivity index (χ3v) is 1.60. The molecule has 0 saturated carbocycles. The Morgan fingerprint density at radius 3 is 2.92 bits per heavy atom. The summed E-state index contributed by atoms with van der Waals surface area (Å²) in [7, 11) is 0. The molecule has 2 heteroatoms. The van der Waals surface area contributed by atoms with E-state index < -0.39 is 0 Å². The van der Waals surface area contributed by atoms with Gasteiger partial charge in [0.1, 0.15) is 0 Å². The highest BCUT2D eigenvalue weighted by molar-refractivity contribution is 5.32. The third kappa shape index (κ3) is 3.73. The smallest absolute Gasteiger partial charge is 0.0440 e. The molecule has 0 aliphatic carbocycles. The van der Waals surface area contributed by atoms with E-state index in [1.54, 1.807) is 6.20 Å². The lowest BCUT2D eigenvalue weighted by molar-refractivity contribution is 0.290. The van der Waals surface area contributed by atoms with Gasteiger partial charge >= 0.3 is 0 Å². The van der Waals surface area contributed by atoms with Crippen molar-refractivity contribution in [1.82, 2.24) is 4.98 Å². The van der Waals surface area contributed by atoms with E-state index in [9.17, 15) is 0 Å². The van der Waals surface area contributed by atoms with Crippen LogP contribution in [0.2, 0.25) is 0 Å². The van der Waals surface area contributed by atoms with Gasteiger partial charge in [-0.3, -0.25) is 4.98 Å². The minimum Gasteiger partial charge on any atom is -0.396 e. The number of aliphatic hydroxyl groups is 1. The summed E-state index contributed by atoms with van der Waals surface area (Å²) in [6.07, 6.45) is 3.25. The standard InChI is InChI=1S/C11H13NO/c1-10-6-7-11(9-12-10)5-3-2-4-8-13/h6-7,9,13H,2,4,8H2,1H3. The average molecular weight is 175 g/mol. The Balaban J connectivity index is 2.52. The number of unbranched alkanes of at least 4 members (excludes halogenated alkanes) is 1. The third-order valence-electron chi connectivity index (χ3n) is 1.60. The highest BCUT2D eigenvalue weighted by Gasteiger charge is 1.86. The molecule has 13 heavy (non-hydrogen) atoms. The number of hydrogen-bond donors (Lipinski definition) is 1. The molecule has 0 aromatic carbocycles. The molecule has 0 spiro atoms. The number of rotatable bonds is 2. The first-order valence-corrected chi connectivity index (χ1v) is 4.35. The highest BCUT2D eigenvalue weighted by atomic mass is 16.2. The largest absolute Gasteiger partial charge is 0.396 e. The van der Waals surface area contributed by atoms with Crippen molar-refractivity contribution in [2.45, 2.75) is 19.8 Å². The normalized spacial score (nSPS) is 9.08. The monoisotopic (exact) mass is 175 g/mol. The second-order valence-corrected chi connectivity index (χ2v) is 2.82. The molecule has 1 aromatic heterocycles. The molecule has 0 fully saturated rings. The summed E-state index contributed by atoms with van der Waals surface area (Å²) in [5.41, 5.74) is 1.93. The number of aromatic nitrogens is 1. The van der Waals surface area contributed by atoms with Crippen LogP contribution in [0.5, 0.6) is 0 Å². The Morgan fingerprint density at radius 1 is 1.46 bits per heavy atom. The van der Waals surface area contributed by atoms with Crippen LogP contribution < -0.4 is 0 Å². The van der Waals surface area contributed by atoms with Crippen molar-refractivity contribution >= 4 is 0 Å². The zero-order chi connectivity index (χ0) is 9.52. The molecule has 68 valence electrons. The molecule has 1 rings (SSSR count). The lowest BCUT2D eigenvalue weighted by atomic mass is 10.2. The van der Waals surface area contributed by atoms with E-state index in [1.165, 1.54) is 0 Å². The average Bonchev–Trinajstić information content (AvgIpc) is 2.15. The lowest BCUT2D eigenvalue weighted by Gasteiger charge is -1.90. The maximum atomic E-state index is 8.52. The summed E-state index contributed by atoms with van der Waals surface area (Å²) in [6.45, 7) is 2.16. The summed E-state index contributed by atoms with van der Waals surface area (Å²) < 4.78 is 0. The van der Waals surface area contributed by atoms with E-state index in [1.807, 2.05) is 19.1 Å². The lowest BCUT2D eigenvalue weighted by Crippen LogP contribution is -1.82. The van der Waals surface area contributed by atoms with Crippen LogP contribution in [0, 0.1) is 18.8 Å². The van der Waals surface area contributed by atoms with E-state index in [4.69, 9.17) is 5.11 Å². The van der Waals surface area contributed by atoms with Crippen molar-refractivity contribution < 1.29 is 5.11 Å². The molecule has 1 heterocycles. The Kier molecular flexibility index (Phi) is 4.01. The Morgan fingerprint density at radius 2 is 2.31 bits per heavy atom. The number of aliphatic hydroxyl groups excluding tert-OH is 1. The van der Waals surface area contributed by atoms with Gasteiger partial charge in [-0.25, -0.2) is 0 Å². The van der Waals surface area contributed by atoms with Gasteiger partial charge in [0.25, 0.3) is 0 Å². The zero-order valence-electron chi connectivity index (χ0n) is 7.75. The van der Waals surface area contributed by atoms with Crippen molar-refractivity contribution in [3.63, 3.8) is 0 Å². The number of nitrogens with zero attached hydrogens (tertiary/aromatic N) is 1. The van der Waals surface area contributed by atoms with Gasteiger partial charge in [-0.05, 0) is 25.5 Å². The van der Waals surface area contributed by atoms with Crippen molar-refractivity contribution in [1.29, 1.82) is 0 Å². The topological polar surface area (TPSA) is 33.1 Å². The van der Waals surface area contributed by atoms with E-state index >= 15 is 0 Å². The SMILES string of the molecule is Cc1ccc(C#CCCCO)cn1. The van der Waals surface area contributed by atoms with Gasteiger partial charge in [0.2, 0.25) is 0 Å². The predicted molar refractivity (Wildman–Crippen MR) is 52.2 cm³/mol. The highest BCUT2D eigenvalue weighted by Crippen LogP contribution is 1.96. The maximum absolute atomic E-state index is 8.52. The fraction of sp³-hybridized carbons (Fsp3) is 0.364. The summed E-state index contributed by atoms with van der Waals surface area (Å²) in [6, 6.07) is 3.89. The Hall–Kier alpha value is -1.33. The van der Waals surface area contributed by atoms with Crippen LogP contribution in [-0.2, 0) is 0 Å². The summed E-state index contributed by atoms with van der Waals surface area (Å²) in [5.74, 6) is 5.96. The van der Waals surface area contributed by atoms with Crippen LogP contribution in [0.15, 0.2) is 18.3 Å². The van der Waals surface area contributed by atoms with Crippen molar-refractivity contribution in [3.8, 4) is 11.8 Å². The molecule has 2 nitrogen and oxygen atoms in total. The van der Waals surface area contributed by atoms with Gasteiger partial charge in [-0.2, -0.15) is 0 Å². The molecule has 0 aliphatic rings. The Bertz CT molecular complexity index is 305. The van der Waals surface area contributed by atoms with Gasteiger partial charge in [0.05, 0.1) is 0 Å². The first kappa shape index (κ1) is 9.76. The molecule has 0 amide bonds. The fourth-order valence-corrected chi connectivity index (χ4v) is 0.874. The van der Waals surface area contributed by atoms with E-state index in [0.29, 0.717) is 0 Å². The molecule has 0 atom stereocenters. The number of hydrogen-bond acceptors (Lipinski definition) is 2. The second kappa shape index (κ2) is 5.34. The number of pyridine rings is 1. The molecule has 0 bridgehead atoms. The van der Waals surface area contributed by atoms with Crippen LogP contribution in [0.4, 0.5) is 0 Å². The predicted octanol–water partition coefficient (Wildman–Crippen LogP) is 1.51. The first-order chi connectivity index (χ1) is 6.33. The maximum Gasteiger partial charge on any atom is 0.0440 e. The van der Waals surface area contributed by atoms with Crippen LogP contribution in [0.25, 0.3) is 0 Å². The van der Waals surface area contributed by atoms with Gasteiger partial charge < -0.3 is 5.11 Å². The van der Waals surface area contributed by atoms with Crippen molar-refractivity contribution in [2.75, 3.05) is 6.61 Å². The first-order valence-electron chi connectivity index (χ1n) is 4.35. The van der Waals surface area contributed by atoms with E-state index in [2.05, 4.69) is 16.8 Å². The number of aryl methyl sites for hydroxylation is 1. The second-order valence-electron chi connectivity index (χ2n) is 2.82. The molecule has 0 aliphatic heterocycles. The molecule has 1 aromatic rings. The summed E-state index contributed by atoms with van der Waals surface area (Å²) in [5, 5.41) is 8.52. The van der Waals surface area contributed by atoms with Crippen LogP contribution in [0.1, 0.15) is 24.1 Å². The van der Waals surface area contributed by atoms with Crippen molar-refractivity contribution in [2.24, 2.45) is 0 Å². The van der Waals surface area contributed by atoms with E-state index in [-0.39, 0.29) is 6.61 Å². The zero-order valence-corrected chi connectivity index (χ0v) is 7.75. The fourth-order valence-electron chi connectivity index (χ4n) is 0.874. The van der Waals surface area contributed by atoms with Crippen LogP contribution in [0.3, 0.4) is 0 Å². The van der Waals surface area contributed by atoms with Crippen LogP contribution in [-0.4, -0.2) is 16.7 Å². The quantitative estimate of drug-likeness (QED) is 0.546. The van der Waals surface area contributed by atoms with Gasteiger partial charge in [0, 0.05) is 30.5 Å². The molecular weight excluding hydrogens is 162 g/mol. The van der Waals surface area contributed by atoms with Gasteiger partial charge in [0.15, 0.2) is 0 Å².